The summed E-state index contributed by atoms with van der Waals surface area (Å²) in [6.07, 6.45) is -1.06. The van der Waals surface area contributed by atoms with Gasteiger partial charge in [0.25, 0.3) is 5.91 Å². The van der Waals surface area contributed by atoms with Crippen LogP contribution in [0.4, 0.5) is 0 Å². The van der Waals surface area contributed by atoms with E-state index in [-0.39, 0.29) is 18.2 Å². The SMILES string of the molecule is COC(CNC(=O)c1cc(C(C)C)[nH]n1)C(=O)O. The second kappa shape index (κ2) is 6.15. The van der Waals surface area contributed by atoms with Crippen LogP contribution < -0.4 is 5.32 Å². The van der Waals surface area contributed by atoms with Crippen LogP contribution >= 0.6 is 0 Å². The van der Waals surface area contributed by atoms with Gasteiger partial charge in [-0.05, 0) is 12.0 Å². The number of rotatable bonds is 6. The number of aromatic nitrogens is 2. The number of nitrogens with one attached hydrogen (secondary N) is 2. The van der Waals surface area contributed by atoms with Gasteiger partial charge in [0.1, 0.15) is 5.69 Å². The fourth-order valence-corrected chi connectivity index (χ4v) is 1.30. The van der Waals surface area contributed by atoms with Crippen LogP contribution in [0, 0.1) is 0 Å². The molecular weight excluding hydrogens is 238 g/mol. The molecular formula is C11H17N3O4. The number of carboxylic acid groups (broad SMARTS) is 1. The lowest BCUT2D eigenvalue weighted by molar-refractivity contribution is -0.148. The van der Waals surface area contributed by atoms with Crippen molar-refractivity contribution in [1.82, 2.24) is 15.5 Å². The van der Waals surface area contributed by atoms with Crippen LogP contribution in [0.1, 0.15) is 35.9 Å². The zero-order chi connectivity index (χ0) is 13.7. The number of carbonyl (C=O) groups excluding carboxylic acids is 1. The zero-order valence-corrected chi connectivity index (χ0v) is 10.6. The molecule has 7 heteroatoms. The van der Waals surface area contributed by atoms with Crippen LogP contribution in [-0.4, -0.2) is 46.9 Å². The minimum absolute atomic E-state index is 0.103. The molecule has 0 bridgehead atoms. The predicted octanol–water partition coefficient (Wildman–Crippen LogP) is 0.362. The van der Waals surface area contributed by atoms with Gasteiger partial charge in [-0.15, -0.1) is 0 Å². The predicted molar refractivity (Wildman–Crippen MR) is 63.4 cm³/mol. The summed E-state index contributed by atoms with van der Waals surface area (Å²) in [5.41, 5.74) is 1.08. The zero-order valence-electron chi connectivity index (χ0n) is 10.6. The third-order valence-electron chi connectivity index (χ3n) is 2.46. The molecule has 0 radical (unpaired) electrons. The maximum absolute atomic E-state index is 11.7. The van der Waals surface area contributed by atoms with Crippen molar-refractivity contribution in [2.75, 3.05) is 13.7 Å². The fraction of sp³-hybridized carbons (Fsp3) is 0.545. The molecule has 0 aliphatic carbocycles. The van der Waals surface area contributed by atoms with Gasteiger partial charge < -0.3 is 15.2 Å². The highest BCUT2D eigenvalue weighted by Crippen LogP contribution is 2.11. The van der Waals surface area contributed by atoms with E-state index in [1.54, 1.807) is 6.07 Å². The second-order valence-electron chi connectivity index (χ2n) is 4.14. The van der Waals surface area contributed by atoms with Gasteiger partial charge in [0.05, 0.1) is 6.54 Å². The largest absolute Gasteiger partial charge is 0.479 e. The number of aromatic amines is 1. The van der Waals surface area contributed by atoms with E-state index in [0.29, 0.717) is 0 Å². The van der Waals surface area contributed by atoms with Gasteiger partial charge in [-0.3, -0.25) is 9.89 Å². The Balaban J connectivity index is 2.57. The number of carboxylic acids is 1. The fourth-order valence-electron chi connectivity index (χ4n) is 1.30. The number of H-pyrrole nitrogens is 1. The van der Waals surface area contributed by atoms with Crippen molar-refractivity contribution in [3.63, 3.8) is 0 Å². The van der Waals surface area contributed by atoms with Crippen molar-refractivity contribution in [2.45, 2.75) is 25.9 Å². The molecule has 7 nitrogen and oxygen atoms in total. The Morgan fingerprint density at radius 2 is 2.22 bits per heavy atom. The van der Waals surface area contributed by atoms with Crippen LogP contribution in [0.5, 0.6) is 0 Å². The highest BCUT2D eigenvalue weighted by atomic mass is 16.5. The molecule has 0 fully saturated rings. The summed E-state index contributed by atoms with van der Waals surface area (Å²) in [5.74, 6) is -1.31. The molecule has 1 atom stereocenters. The van der Waals surface area contributed by atoms with E-state index in [1.807, 2.05) is 13.8 Å². The molecule has 0 aliphatic rings. The van der Waals surface area contributed by atoms with Crippen LogP contribution in [0.25, 0.3) is 0 Å². The summed E-state index contributed by atoms with van der Waals surface area (Å²) in [4.78, 5) is 22.4. The Bertz CT molecular complexity index is 428. The second-order valence-corrected chi connectivity index (χ2v) is 4.14. The summed E-state index contributed by atoms with van der Waals surface area (Å²) in [5, 5.41) is 17.8. The Labute approximate surface area is 105 Å². The highest BCUT2D eigenvalue weighted by molar-refractivity contribution is 5.92. The maximum atomic E-state index is 11.7. The number of hydrogen-bond donors (Lipinski definition) is 3. The van der Waals surface area contributed by atoms with Gasteiger partial charge in [0.2, 0.25) is 0 Å². The first-order valence-electron chi connectivity index (χ1n) is 5.54. The molecule has 0 saturated carbocycles. The van der Waals surface area contributed by atoms with Crippen molar-refractivity contribution in [3.8, 4) is 0 Å². The lowest BCUT2D eigenvalue weighted by Crippen LogP contribution is -2.37. The molecule has 0 aromatic carbocycles. The van der Waals surface area contributed by atoms with Gasteiger partial charge in [0, 0.05) is 12.8 Å². The summed E-state index contributed by atoms with van der Waals surface area (Å²) in [7, 11) is 1.27. The van der Waals surface area contributed by atoms with Crippen LogP contribution in [0.2, 0.25) is 0 Å². The van der Waals surface area contributed by atoms with E-state index in [9.17, 15) is 9.59 Å². The number of ether oxygens (including phenoxy) is 1. The molecule has 100 valence electrons. The molecule has 18 heavy (non-hydrogen) atoms. The Morgan fingerprint density at radius 3 is 2.67 bits per heavy atom. The smallest absolute Gasteiger partial charge is 0.334 e. The molecule has 3 N–H and O–H groups in total. The normalized spacial score (nSPS) is 12.4. The van der Waals surface area contributed by atoms with Crippen molar-refractivity contribution >= 4 is 11.9 Å². The maximum Gasteiger partial charge on any atom is 0.334 e. The molecule has 0 spiro atoms. The molecule has 1 aromatic heterocycles. The Kier molecular flexibility index (Phi) is 4.85. The van der Waals surface area contributed by atoms with E-state index >= 15 is 0 Å². The number of carbonyl (C=O) groups is 2. The number of nitrogens with zero attached hydrogens (tertiary/aromatic N) is 1. The van der Waals surface area contributed by atoms with E-state index < -0.39 is 18.0 Å². The van der Waals surface area contributed by atoms with Gasteiger partial charge in [-0.25, -0.2) is 4.79 Å². The summed E-state index contributed by atoms with van der Waals surface area (Å²) in [6, 6.07) is 1.64. The van der Waals surface area contributed by atoms with E-state index in [0.717, 1.165) is 5.69 Å². The average Bonchev–Trinajstić information content (AvgIpc) is 2.78. The molecule has 1 amide bonds. The third-order valence-corrected chi connectivity index (χ3v) is 2.46. The summed E-state index contributed by atoms with van der Waals surface area (Å²) < 4.78 is 4.70. The first kappa shape index (κ1) is 14.2. The van der Waals surface area contributed by atoms with E-state index in [2.05, 4.69) is 15.5 Å². The molecule has 1 heterocycles. The standard InChI is InChI=1S/C11H17N3O4/c1-6(2)7-4-8(14-13-7)10(15)12-5-9(18-3)11(16)17/h4,6,9H,5H2,1-3H3,(H,12,15)(H,13,14)(H,16,17). The Hall–Kier alpha value is -1.89. The Morgan fingerprint density at radius 1 is 1.56 bits per heavy atom. The first-order valence-corrected chi connectivity index (χ1v) is 5.54. The van der Waals surface area contributed by atoms with Gasteiger partial charge in [0.15, 0.2) is 6.10 Å². The van der Waals surface area contributed by atoms with Gasteiger partial charge >= 0.3 is 5.97 Å². The number of amides is 1. The van der Waals surface area contributed by atoms with E-state index in [4.69, 9.17) is 9.84 Å². The third kappa shape index (κ3) is 3.56. The summed E-state index contributed by atoms with van der Waals surface area (Å²) >= 11 is 0. The minimum atomic E-state index is -1.12. The van der Waals surface area contributed by atoms with Crippen molar-refractivity contribution in [2.24, 2.45) is 0 Å². The van der Waals surface area contributed by atoms with E-state index in [1.165, 1.54) is 7.11 Å². The van der Waals surface area contributed by atoms with Crippen LogP contribution in [0.3, 0.4) is 0 Å². The minimum Gasteiger partial charge on any atom is -0.479 e. The molecule has 0 saturated heterocycles. The molecule has 1 unspecified atom stereocenters. The number of hydrogen-bond acceptors (Lipinski definition) is 4. The van der Waals surface area contributed by atoms with Crippen LogP contribution in [-0.2, 0) is 9.53 Å². The topological polar surface area (TPSA) is 104 Å². The van der Waals surface area contributed by atoms with Crippen molar-refractivity contribution in [1.29, 1.82) is 0 Å². The average molecular weight is 255 g/mol. The highest BCUT2D eigenvalue weighted by Gasteiger charge is 2.19. The molecule has 0 aliphatic heterocycles. The van der Waals surface area contributed by atoms with Crippen LogP contribution in [0.15, 0.2) is 6.07 Å². The number of aliphatic carboxylic acids is 1. The van der Waals surface area contributed by atoms with Gasteiger partial charge in [-0.1, -0.05) is 13.8 Å². The quantitative estimate of drug-likeness (QED) is 0.681. The summed E-state index contributed by atoms with van der Waals surface area (Å²) in [6.45, 7) is 3.84. The molecule has 1 aromatic rings. The van der Waals surface area contributed by atoms with Gasteiger partial charge in [-0.2, -0.15) is 5.10 Å². The van der Waals surface area contributed by atoms with Crippen molar-refractivity contribution in [3.05, 3.63) is 17.5 Å². The molecule has 1 rings (SSSR count). The lowest BCUT2D eigenvalue weighted by Gasteiger charge is -2.10. The number of methoxy groups -OCH3 is 1. The van der Waals surface area contributed by atoms with Crippen molar-refractivity contribution < 1.29 is 19.4 Å². The monoisotopic (exact) mass is 255 g/mol. The first-order chi connectivity index (χ1) is 8.45. The lowest BCUT2D eigenvalue weighted by atomic mass is 10.1.